The van der Waals surface area contributed by atoms with E-state index < -0.39 is 8.07 Å². The number of hydrogen-bond donors (Lipinski definition) is 0. The Kier molecular flexibility index (Phi) is 3.09. The van der Waals surface area contributed by atoms with Crippen molar-refractivity contribution < 1.29 is 4.42 Å². The van der Waals surface area contributed by atoms with E-state index in [1.165, 1.54) is 10.6 Å². The summed E-state index contributed by atoms with van der Waals surface area (Å²) >= 11 is 0. The first kappa shape index (κ1) is 14.1. The van der Waals surface area contributed by atoms with Crippen molar-refractivity contribution in [3.8, 4) is 11.3 Å². The fraction of sp³-hybridized carbons (Fsp3) is 0.158. The second-order valence-corrected chi connectivity index (χ2v) is 11.8. The maximum Gasteiger partial charge on any atom is 0.144 e. The summed E-state index contributed by atoms with van der Waals surface area (Å²) in [6.45, 7) is 7.08. The molecule has 0 radical (unpaired) electrons. The number of aromatic nitrogens is 2. The molecule has 0 aliphatic rings. The minimum Gasteiger partial charge on any atom is -0.455 e. The quantitative estimate of drug-likeness (QED) is 0.507. The summed E-state index contributed by atoms with van der Waals surface area (Å²) in [6.07, 6.45) is 5.50. The largest absolute Gasteiger partial charge is 0.455 e. The number of fused-ring (bicyclic) bond motifs is 3. The van der Waals surface area contributed by atoms with E-state index in [-0.39, 0.29) is 0 Å². The summed E-state index contributed by atoms with van der Waals surface area (Å²) in [6, 6.07) is 12.3. The van der Waals surface area contributed by atoms with Crippen molar-refractivity contribution in [2.75, 3.05) is 0 Å². The van der Waals surface area contributed by atoms with Crippen LogP contribution in [0.5, 0.6) is 0 Å². The molecule has 0 aliphatic carbocycles. The smallest absolute Gasteiger partial charge is 0.144 e. The third-order valence-corrected chi connectivity index (χ3v) is 6.20. The van der Waals surface area contributed by atoms with Crippen LogP contribution in [0.4, 0.5) is 0 Å². The normalized spacial score (nSPS) is 12.1. The summed E-state index contributed by atoms with van der Waals surface area (Å²) < 4.78 is 6.22. The van der Waals surface area contributed by atoms with Crippen LogP contribution < -0.4 is 5.19 Å². The van der Waals surface area contributed by atoms with Gasteiger partial charge in [0.1, 0.15) is 11.2 Å². The number of benzene rings is 1. The molecule has 4 rings (SSSR count). The average molecular weight is 318 g/mol. The lowest BCUT2D eigenvalue weighted by Gasteiger charge is -2.18. The molecule has 0 unspecified atom stereocenters. The highest BCUT2D eigenvalue weighted by Crippen LogP contribution is 2.34. The third-order valence-electron chi connectivity index (χ3n) is 4.17. The van der Waals surface area contributed by atoms with Gasteiger partial charge in [-0.15, -0.1) is 0 Å². The summed E-state index contributed by atoms with van der Waals surface area (Å²) in [5, 5.41) is 3.70. The Labute approximate surface area is 136 Å². The zero-order chi connectivity index (χ0) is 16.0. The van der Waals surface area contributed by atoms with Crippen molar-refractivity contribution in [3.05, 3.63) is 55.0 Å². The van der Waals surface area contributed by atoms with Gasteiger partial charge in [0.2, 0.25) is 0 Å². The van der Waals surface area contributed by atoms with E-state index in [1.54, 1.807) is 6.20 Å². The molecule has 4 aromatic rings. The van der Waals surface area contributed by atoms with Crippen LogP contribution in [0.1, 0.15) is 0 Å². The molecule has 4 heteroatoms. The highest BCUT2D eigenvalue weighted by Gasteiger charge is 2.24. The Balaban J connectivity index is 2.16. The summed E-state index contributed by atoms with van der Waals surface area (Å²) in [5.74, 6) is 0. The highest BCUT2D eigenvalue weighted by molar-refractivity contribution is 6.90. The fourth-order valence-electron chi connectivity index (χ4n) is 3.07. The van der Waals surface area contributed by atoms with Gasteiger partial charge >= 0.3 is 0 Å². The minimum absolute atomic E-state index is 0.887. The van der Waals surface area contributed by atoms with Crippen LogP contribution in [0, 0.1) is 0 Å². The summed E-state index contributed by atoms with van der Waals surface area (Å²) in [5.41, 5.74) is 3.79. The van der Waals surface area contributed by atoms with Gasteiger partial charge in [0.05, 0.1) is 13.8 Å². The Morgan fingerprint density at radius 1 is 0.957 bits per heavy atom. The lowest BCUT2D eigenvalue weighted by atomic mass is 10.1. The second kappa shape index (κ2) is 5.03. The van der Waals surface area contributed by atoms with Gasteiger partial charge in [-0.1, -0.05) is 31.8 Å². The molecule has 3 heterocycles. The lowest BCUT2D eigenvalue weighted by Crippen LogP contribution is -2.37. The van der Waals surface area contributed by atoms with E-state index in [0.717, 1.165) is 27.8 Å². The van der Waals surface area contributed by atoms with Crippen LogP contribution in [0.15, 0.2) is 59.4 Å². The second-order valence-electron chi connectivity index (χ2n) is 6.80. The predicted molar refractivity (Wildman–Crippen MR) is 97.7 cm³/mol. The molecule has 0 fully saturated rings. The van der Waals surface area contributed by atoms with Crippen molar-refractivity contribution in [2.45, 2.75) is 19.6 Å². The zero-order valence-corrected chi connectivity index (χ0v) is 14.5. The Bertz CT molecular complexity index is 1000. The molecule has 3 aromatic heterocycles. The van der Waals surface area contributed by atoms with Gasteiger partial charge in [-0.2, -0.15) is 0 Å². The Hall–Kier alpha value is -2.46. The first-order chi connectivity index (χ1) is 11.1. The third kappa shape index (κ3) is 2.26. The van der Waals surface area contributed by atoms with Gasteiger partial charge in [-0.25, -0.2) is 0 Å². The standard InChI is InChI=1S/C19H18N2OSi/c1-23(2,3)17-8-7-13(15-6-4-5-10-21-15)19-18(17)14-12-20-11-9-16(14)22-19/h4-12H,1-3H3. The molecule has 114 valence electrons. The van der Waals surface area contributed by atoms with Gasteiger partial charge < -0.3 is 4.42 Å². The number of rotatable bonds is 2. The van der Waals surface area contributed by atoms with E-state index in [2.05, 4.69) is 41.7 Å². The fourth-order valence-corrected chi connectivity index (χ4v) is 4.65. The molecule has 0 saturated carbocycles. The Morgan fingerprint density at radius 2 is 1.83 bits per heavy atom. The van der Waals surface area contributed by atoms with E-state index in [4.69, 9.17) is 4.42 Å². The lowest BCUT2D eigenvalue weighted by molar-refractivity contribution is 0.669. The monoisotopic (exact) mass is 318 g/mol. The number of hydrogen-bond acceptors (Lipinski definition) is 3. The van der Waals surface area contributed by atoms with Crippen molar-refractivity contribution in [3.63, 3.8) is 0 Å². The average Bonchev–Trinajstić information content (AvgIpc) is 2.93. The van der Waals surface area contributed by atoms with Gasteiger partial charge in [-0.05, 0) is 29.5 Å². The molecule has 0 spiro atoms. The molecule has 0 amide bonds. The number of nitrogens with zero attached hydrogens (tertiary/aromatic N) is 2. The predicted octanol–water partition coefficient (Wildman–Crippen LogP) is 4.59. The van der Waals surface area contributed by atoms with Crippen molar-refractivity contribution >= 4 is 35.2 Å². The maximum absolute atomic E-state index is 6.22. The van der Waals surface area contributed by atoms with Crippen LogP contribution >= 0.6 is 0 Å². The van der Waals surface area contributed by atoms with Crippen LogP contribution in [0.3, 0.4) is 0 Å². The molecular weight excluding hydrogens is 300 g/mol. The maximum atomic E-state index is 6.22. The Morgan fingerprint density at radius 3 is 2.57 bits per heavy atom. The van der Waals surface area contributed by atoms with Crippen LogP contribution in [-0.4, -0.2) is 18.0 Å². The van der Waals surface area contributed by atoms with E-state index in [0.29, 0.717) is 0 Å². The van der Waals surface area contributed by atoms with Crippen molar-refractivity contribution in [1.29, 1.82) is 0 Å². The first-order valence-corrected chi connectivity index (χ1v) is 11.3. The first-order valence-electron chi connectivity index (χ1n) is 7.77. The van der Waals surface area contributed by atoms with Crippen molar-refractivity contribution in [1.82, 2.24) is 9.97 Å². The van der Waals surface area contributed by atoms with E-state index >= 15 is 0 Å². The molecule has 0 N–H and O–H groups in total. The molecule has 1 aromatic carbocycles. The van der Waals surface area contributed by atoms with Crippen LogP contribution in [0.25, 0.3) is 33.2 Å². The molecule has 0 aliphatic heterocycles. The summed E-state index contributed by atoms with van der Waals surface area (Å²) in [4.78, 5) is 8.80. The zero-order valence-electron chi connectivity index (χ0n) is 13.5. The van der Waals surface area contributed by atoms with Crippen LogP contribution in [0.2, 0.25) is 19.6 Å². The number of furan rings is 1. The summed E-state index contributed by atoms with van der Waals surface area (Å²) in [7, 11) is -1.51. The topological polar surface area (TPSA) is 38.9 Å². The van der Waals surface area contributed by atoms with Gasteiger partial charge in [-0.3, -0.25) is 9.97 Å². The highest BCUT2D eigenvalue weighted by atomic mass is 28.3. The van der Waals surface area contributed by atoms with Gasteiger partial charge in [0.25, 0.3) is 0 Å². The van der Waals surface area contributed by atoms with Crippen molar-refractivity contribution in [2.24, 2.45) is 0 Å². The number of pyridine rings is 2. The molecule has 0 bridgehead atoms. The molecule has 0 atom stereocenters. The van der Waals surface area contributed by atoms with Gasteiger partial charge in [0, 0.05) is 34.9 Å². The van der Waals surface area contributed by atoms with E-state index in [9.17, 15) is 0 Å². The van der Waals surface area contributed by atoms with Gasteiger partial charge in [0.15, 0.2) is 0 Å². The SMILES string of the molecule is C[Si](C)(C)c1ccc(-c2ccccn2)c2oc3ccncc3c12. The van der Waals surface area contributed by atoms with Crippen LogP contribution in [-0.2, 0) is 0 Å². The van der Waals surface area contributed by atoms with E-state index in [1.807, 2.05) is 36.7 Å². The minimum atomic E-state index is -1.51. The molecule has 23 heavy (non-hydrogen) atoms. The molecule has 0 saturated heterocycles. The molecular formula is C19H18N2OSi. The molecule has 3 nitrogen and oxygen atoms in total.